The van der Waals surface area contributed by atoms with Gasteiger partial charge in [0, 0.05) is 24.5 Å². The summed E-state index contributed by atoms with van der Waals surface area (Å²) in [5.74, 6) is -0.0543. The first kappa shape index (κ1) is 17.8. The van der Waals surface area contributed by atoms with Crippen LogP contribution >= 0.6 is 11.6 Å². The molecule has 0 atom stereocenters. The Balaban J connectivity index is 2.65. The van der Waals surface area contributed by atoms with Crippen LogP contribution < -0.4 is 9.62 Å². The fraction of sp³-hybridized carbons (Fsp3) is 0.500. The molecule has 0 radical (unpaired) electrons. The van der Waals surface area contributed by atoms with Crippen LogP contribution in [-0.2, 0) is 14.8 Å². The average molecular weight is 333 g/mol. The molecule has 0 saturated heterocycles. The minimum atomic E-state index is -3.39. The number of amides is 1. The Kier molecular flexibility index (Phi) is 6.98. The predicted octanol–water partition coefficient (Wildman–Crippen LogP) is 2.41. The normalized spacial score (nSPS) is 11.2. The van der Waals surface area contributed by atoms with E-state index >= 15 is 0 Å². The van der Waals surface area contributed by atoms with E-state index in [9.17, 15) is 13.2 Å². The van der Waals surface area contributed by atoms with Crippen LogP contribution in [0.15, 0.2) is 24.3 Å². The number of benzene rings is 1. The van der Waals surface area contributed by atoms with Crippen molar-refractivity contribution in [3.63, 3.8) is 0 Å². The zero-order chi connectivity index (χ0) is 15.9. The maximum Gasteiger partial charge on any atom is 0.232 e. The van der Waals surface area contributed by atoms with Gasteiger partial charge in [-0.05, 0) is 37.1 Å². The summed E-state index contributed by atoms with van der Waals surface area (Å²) >= 11 is 5.80. The third-order valence-corrected chi connectivity index (χ3v) is 4.30. The van der Waals surface area contributed by atoms with Gasteiger partial charge in [-0.25, -0.2) is 8.42 Å². The topological polar surface area (TPSA) is 66.5 Å². The van der Waals surface area contributed by atoms with Crippen molar-refractivity contribution in [2.75, 3.05) is 23.7 Å². The lowest BCUT2D eigenvalue weighted by atomic mass is 10.2. The lowest BCUT2D eigenvalue weighted by Gasteiger charge is -2.22. The standard InChI is InChI=1S/C14H21ClN2O3S/c1-3-10-16-14(18)5-4-11-17(21(2,19)20)13-8-6-12(15)7-9-13/h6-9H,3-5,10-11H2,1-2H3,(H,16,18). The van der Waals surface area contributed by atoms with Crippen LogP contribution in [0.5, 0.6) is 0 Å². The van der Waals surface area contributed by atoms with Gasteiger partial charge in [0.05, 0.1) is 11.9 Å². The summed E-state index contributed by atoms with van der Waals surface area (Å²) < 4.78 is 25.0. The highest BCUT2D eigenvalue weighted by Gasteiger charge is 2.17. The molecule has 0 saturated carbocycles. The molecule has 0 heterocycles. The van der Waals surface area contributed by atoms with E-state index in [1.807, 2.05) is 6.92 Å². The monoisotopic (exact) mass is 332 g/mol. The summed E-state index contributed by atoms with van der Waals surface area (Å²) in [5, 5.41) is 3.32. The third kappa shape index (κ3) is 6.35. The van der Waals surface area contributed by atoms with E-state index in [-0.39, 0.29) is 12.5 Å². The molecule has 7 heteroatoms. The number of carbonyl (C=O) groups is 1. The lowest BCUT2D eigenvalue weighted by Crippen LogP contribution is -2.32. The Labute approximate surface area is 131 Å². The molecule has 21 heavy (non-hydrogen) atoms. The van der Waals surface area contributed by atoms with E-state index in [1.54, 1.807) is 24.3 Å². The second-order valence-corrected chi connectivity index (χ2v) is 7.11. The van der Waals surface area contributed by atoms with Gasteiger partial charge in [-0.3, -0.25) is 9.10 Å². The van der Waals surface area contributed by atoms with Crippen molar-refractivity contribution >= 4 is 33.2 Å². The zero-order valence-corrected chi connectivity index (χ0v) is 13.9. The number of rotatable bonds is 8. The van der Waals surface area contributed by atoms with E-state index in [1.165, 1.54) is 4.31 Å². The van der Waals surface area contributed by atoms with Crippen LogP contribution in [0, 0.1) is 0 Å². The molecular formula is C14H21ClN2O3S. The Hall–Kier alpha value is -1.27. The Bertz CT molecular complexity index is 558. The smallest absolute Gasteiger partial charge is 0.232 e. The van der Waals surface area contributed by atoms with Gasteiger partial charge in [0.2, 0.25) is 15.9 Å². The summed E-state index contributed by atoms with van der Waals surface area (Å²) in [5.41, 5.74) is 0.552. The molecule has 1 aromatic carbocycles. The Morgan fingerprint density at radius 1 is 1.29 bits per heavy atom. The lowest BCUT2D eigenvalue weighted by molar-refractivity contribution is -0.121. The van der Waals surface area contributed by atoms with Crippen LogP contribution in [0.2, 0.25) is 5.02 Å². The number of hydrogen-bond donors (Lipinski definition) is 1. The van der Waals surface area contributed by atoms with Crippen molar-refractivity contribution < 1.29 is 13.2 Å². The molecule has 1 rings (SSSR count). The molecule has 0 unspecified atom stereocenters. The van der Waals surface area contributed by atoms with Gasteiger partial charge in [0.15, 0.2) is 0 Å². The maximum atomic E-state index is 11.9. The van der Waals surface area contributed by atoms with Gasteiger partial charge < -0.3 is 5.32 Å². The molecule has 118 valence electrons. The molecule has 1 N–H and O–H groups in total. The van der Waals surface area contributed by atoms with E-state index in [0.29, 0.717) is 30.1 Å². The van der Waals surface area contributed by atoms with Crippen LogP contribution in [0.4, 0.5) is 5.69 Å². The summed E-state index contributed by atoms with van der Waals surface area (Å²) in [4.78, 5) is 11.5. The Morgan fingerprint density at radius 3 is 2.43 bits per heavy atom. The highest BCUT2D eigenvalue weighted by Crippen LogP contribution is 2.20. The first-order valence-corrected chi connectivity index (χ1v) is 9.07. The summed E-state index contributed by atoms with van der Waals surface area (Å²) in [6.45, 7) is 2.89. The quantitative estimate of drug-likeness (QED) is 0.795. The van der Waals surface area contributed by atoms with Gasteiger partial charge in [-0.1, -0.05) is 18.5 Å². The highest BCUT2D eigenvalue weighted by atomic mass is 35.5. The molecular weight excluding hydrogens is 312 g/mol. The van der Waals surface area contributed by atoms with Crippen molar-refractivity contribution in [3.05, 3.63) is 29.3 Å². The molecule has 0 aromatic heterocycles. The van der Waals surface area contributed by atoms with Crippen molar-refractivity contribution in [2.24, 2.45) is 0 Å². The number of anilines is 1. The van der Waals surface area contributed by atoms with Gasteiger partial charge in [0.25, 0.3) is 0 Å². The summed E-state index contributed by atoms with van der Waals surface area (Å²) in [7, 11) is -3.39. The first-order valence-electron chi connectivity index (χ1n) is 6.84. The molecule has 0 aliphatic carbocycles. The summed E-state index contributed by atoms with van der Waals surface area (Å²) in [6.07, 6.45) is 2.80. The van der Waals surface area contributed by atoms with E-state index < -0.39 is 10.0 Å². The molecule has 0 spiro atoms. The number of carbonyl (C=O) groups excluding carboxylic acids is 1. The van der Waals surface area contributed by atoms with Crippen LogP contribution in [0.1, 0.15) is 26.2 Å². The van der Waals surface area contributed by atoms with E-state index in [2.05, 4.69) is 5.32 Å². The zero-order valence-electron chi connectivity index (χ0n) is 12.3. The second-order valence-electron chi connectivity index (χ2n) is 4.77. The average Bonchev–Trinajstić information content (AvgIpc) is 2.41. The van der Waals surface area contributed by atoms with Gasteiger partial charge >= 0.3 is 0 Å². The largest absolute Gasteiger partial charge is 0.356 e. The molecule has 1 aromatic rings. The van der Waals surface area contributed by atoms with Gasteiger partial charge in [0.1, 0.15) is 0 Å². The van der Waals surface area contributed by atoms with E-state index in [4.69, 9.17) is 11.6 Å². The molecule has 0 aliphatic rings. The fourth-order valence-corrected chi connectivity index (χ4v) is 2.92. The number of nitrogens with one attached hydrogen (secondary N) is 1. The van der Waals surface area contributed by atoms with E-state index in [0.717, 1.165) is 12.7 Å². The van der Waals surface area contributed by atoms with Crippen LogP contribution in [0.25, 0.3) is 0 Å². The second kappa shape index (κ2) is 8.24. The van der Waals surface area contributed by atoms with Crippen molar-refractivity contribution in [3.8, 4) is 0 Å². The minimum absolute atomic E-state index is 0.0543. The van der Waals surface area contributed by atoms with Crippen LogP contribution in [-0.4, -0.2) is 33.7 Å². The molecule has 5 nitrogen and oxygen atoms in total. The minimum Gasteiger partial charge on any atom is -0.356 e. The maximum absolute atomic E-state index is 11.9. The molecule has 0 fully saturated rings. The SMILES string of the molecule is CCCNC(=O)CCCN(c1ccc(Cl)cc1)S(C)(=O)=O. The summed E-state index contributed by atoms with van der Waals surface area (Å²) in [6, 6.07) is 6.59. The van der Waals surface area contributed by atoms with Crippen molar-refractivity contribution in [1.82, 2.24) is 5.32 Å². The fourth-order valence-electron chi connectivity index (χ4n) is 1.83. The third-order valence-electron chi connectivity index (χ3n) is 2.85. The highest BCUT2D eigenvalue weighted by molar-refractivity contribution is 7.92. The van der Waals surface area contributed by atoms with Gasteiger partial charge in [-0.15, -0.1) is 0 Å². The van der Waals surface area contributed by atoms with Crippen molar-refractivity contribution in [2.45, 2.75) is 26.2 Å². The first-order chi connectivity index (χ1) is 9.84. The molecule has 0 aliphatic heterocycles. The Morgan fingerprint density at radius 2 is 1.90 bits per heavy atom. The molecule has 1 amide bonds. The van der Waals surface area contributed by atoms with Gasteiger partial charge in [-0.2, -0.15) is 0 Å². The number of nitrogens with zero attached hydrogens (tertiary/aromatic N) is 1. The number of sulfonamides is 1. The molecule has 0 bridgehead atoms. The number of halogens is 1. The van der Waals surface area contributed by atoms with Crippen molar-refractivity contribution in [1.29, 1.82) is 0 Å². The predicted molar refractivity (Wildman–Crippen MR) is 86.2 cm³/mol. The van der Waals surface area contributed by atoms with Crippen LogP contribution in [0.3, 0.4) is 0 Å². The number of hydrogen-bond acceptors (Lipinski definition) is 3.